The maximum absolute atomic E-state index is 12.3. The SMILES string of the molecule is CCNC(=NCC(=O)NCc1ccc(OC)cc1)N1CCN(Cc2ccccc2)CC1.I. The fraction of sp³-hybridized carbons (Fsp3) is 0.417. The van der Waals surface area contributed by atoms with E-state index in [9.17, 15) is 4.79 Å². The van der Waals surface area contributed by atoms with Crippen LogP contribution in [0.25, 0.3) is 0 Å². The Bertz CT molecular complexity index is 837. The number of benzene rings is 2. The van der Waals surface area contributed by atoms with Crippen LogP contribution in [-0.2, 0) is 17.9 Å². The van der Waals surface area contributed by atoms with Gasteiger partial charge in [0.2, 0.25) is 5.91 Å². The van der Waals surface area contributed by atoms with Crippen LogP contribution in [0.4, 0.5) is 0 Å². The summed E-state index contributed by atoms with van der Waals surface area (Å²) in [5, 5.41) is 6.25. The standard InChI is InChI=1S/C24H33N5O2.HI/c1-3-25-24(27-18-23(30)26-17-20-9-11-22(31-2)12-10-20)29-15-13-28(14-16-29)19-21-7-5-4-6-8-21;/h4-12H,3,13-19H2,1-2H3,(H,25,27)(H,26,30);1H. The van der Waals surface area contributed by atoms with Crippen LogP contribution in [0.1, 0.15) is 18.1 Å². The number of aliphatic imine (C=N–C) groups is 1. The molecule has 1 aliphatic heterocycles. The third-order valence-electron chi connectivity index (χ3n) is 5.28. The lowest BCUT2D eigenvalue weighted by molar-refractivity contribution is -0.119. The van der Waals surface area contributed by atoms with Crippen molar-refractivity contribution in [2.24, 2.45) is 4.99 Å². The Labute approximate surface area is 208 Å². The van der Waals surface area contributed by atoms with Crippen LogP contribution >= 0.6 is 24.0 Å². The highest BCUT2D eigenvalue weighted by molar-refractivity contribution is 14.0. The lowest BCUT2D eigenvalue weighted by atomic mass is 10.2. The second-order valence-corrected chi connectivity index (χ2v) is 7.54. The van der Waals surface area contributed by atoms with Gasteiger partial charge >= 0.3 is 0 Å². The molecular formula is C24H34IN5O2. The molecule has 174 valence electrons. The number of carbonyl (C=O) groups excluding carboxylic acids is 1. The highest BCUT2D eigenvalue weighted by atomic mass is 127. The third kappa shape index (κ3) is 8.31. The van der Waals surface area contributed by atoms with Gasteiger partial charge in [-0.2, -0.15) is 0 Å². The monoisotopic (exact) mass is 551 g/mol. The predicted molar refractivity (Wildman–Crippen MR) is 140 cm³/mol. The number of halogens is 1. The Kier molecular flexibility index (Phi) is 11.3. The molecule has 0 aromatic heterocycles. The largest absolute Gasteiger partial charge is 0.497 e. The lowest BCUT2D eigenvalue weighted by Crippen LogP contribution is -2.52. The van der Waals surface area contributed by atoms with Gasteiger partial charge in [-0.25, -0.2) is 4.99 Å². The van der Waals surface area contributed by atoms with Crippen LogP contribution in [-0.4, -0.2) is 68.0 Å². The van der Waals surface area contributed by atoms with Crippen LogP contribution in [0.2, 0.25) is 0 Å². The van der Waals surface area contributed by atoms with E-state index in [1.165, 1.54) is 5.56 Å². The number of amides is 1. The average molecular weight is 551 g/mol. The molecule has 0 aliphatic carbocycles. The Hall–Kier alpha value is -2.33. The van der Waals surface area contributed by atoms with Crippen molar-refractivity contribution < 1.29 is 9.53 Å². The Balaban J connectivity index is 0.00000363. The van der Waals surface area contributed by atoms with Gasteiger partial charge in [-0.05, 0) is 30.2 Å². The van der Waals surface area contributed by atoms with Crippen LogP contribution in [0, 0.1) is 0 Å². The van der Waals surface area contributed by atoms with Crippen molar-refractivity contribution in [2.45, 2.75) is 20.0 Å². The van der Waals surface area contributed by atoms with Gasteiger partial charge in [-0.1, -0.05) is 42.5 Å². The number of nitrogens with one attached hydrogen (secondary N) is 2. The second kappa shape index (κ2) is 13.9. The van der Waals surface area contributed by atoms with E-state index in [2.05, 4.69) is 49.7 Å². The van der Waals surface area contributed by atoms with E-state index in [0.29, 0.717) is 6.54 Å². The molecule has 0 bridgehead atoms. The summed E-state index contributed by atoms with van der Waals surface area (Å²) in [5.41, 5.74) is 2.37. The normalized spacial score (nSPS) is 14.4. The second-order valence-electron chi connectivity index (χ2n) is 7.54. The van der Waals surface area contributed by atoms with Crippen molar-refractivity contribution in [2.75, 3.05) is 46.4 Å². The van der Waals surface area contributed by atoms with Crippen LogP contribution in [0.3, 0.4) is 0 Å². The molecule has 0 saturated carbocycles. The minimum atomic E-state index is -0.0889. The highest BCUT2D eigenvalue weighted by Gasteiger charge is 2.19. The summed E-state index contributed by atoms with van der Waals surface area (Å²) in [4.78, 5) is 21.5. The molecule has 1 heterocycles. The van der Waals surface area contributed by atoms with Crippen molar-refractivity contribution in [1.29, 1.82) is 0 Å². The molecule has 2 N–H and O–H groups in total. The molecule has 32 heavy (non-hydrogen) atoms. The molecule has 0 spiro atoms. The third-order valence-corrected chi connectivity index (χ3v) is 5.28. The van der Waals surface area contributed by atoms with Crippen LogP contribution in [0.15, 0.2) is 59.6 Å². The van der Waals surface area contributed by atoms with E-state index in [1.54, 1.807) is 7.11 Å². The van der Waals surface area contributed by atoms with E-state index in [4.69, 9.17) is 4.74 Å². The molecule has 1 saturated heterocycles. The van der Waals surface area contributed by atoms with Crippen molar-refractivity contribution in [3.05, 3.63) is 65.7 Å². The van der Waals surface area contributed by atoms with Gasteiger partial charge in [0, 0.05) is 45.8 Å². The van der Waals surface area contributed by atoms with Gasteiger partial charge in [0.05, 0.1) is 7.11 Å². The first kappa shape index (κ1) is 25.9. The van der Waals surface area contributed by atoms with Gasteiger partial charge in [0.25, 0.3) is 0 Å². The maximum Gasteiger partial charge on any atom is 0.242 e. The highest BCUT2D eigenvalue weighted by Crippen LogP contribution is 2.11. The van der Waals surface area contributed by atoms with Crippen LogP contribution < -0.4 is 15.4 Å². The molecule has 1 amide bonds. The Morgan fingerprint density at radius 1 is 0.969 bits per heavy atom. The van der Waals surface area contributed by atoms with E-state index >= 15 is 0 Å². The number of hydrogen-bond acceptors (Lipinski definition) is 4. The van der Waals surface area contributed by atoms with Gasteiger partial charge < -0.3 is 20.3 Å². The number of piperazine rings is 1. The maximum atomic E-state index is 12.3. The number of methoxy groups -OCH3 is 1. The first-order valence-corrected chi connectivity index (χ1v) is 10.9. The summed E-state index contributed by atoms with van der Waals surface area (Å²) in [6.45, 7) is 8.12. The topological polar surface area (TPSA) is 69.2 Å². The molecule has 0 unspecified atom stereocenters. The zero-order valence-corrected chi connectivity index (χ0v) is 21.2. The number of guanidine groups is 1. The minimum absolute atomic E-state index is 0. The van der Waals surface area contributed by atoms with Gasteiger partial charge in [0.15, 0.2) is 5.96 Å². The Morgan fingerprint density at radius 2 is 1.66 bits per heavy atom. The minimum Gasteiger partial charge on any atom is -0.497 e. The number of hydrogen-bond donors (Lipinski definition) is 2. The van der Waals surface area contributed by atoms with E-state index in [1.807, 2.05) is 37.3 Å². The summed E-state index contributed by atoms with van der Waals surface area (Å²) in [6.07, 6.45) is 0. The van der Waals surface area contributed by atoms with Crippen molar-refractivity contribution in [1.82, 2.24) is 20.4 Å². The number of nitrogens with zero attached hydrogens (tertiary/aromatic N) is 3. The predicted octanol–water partition coefficient (Wildman–Crippen LogP) is 2.71. The summed E-state index contributed by atoms with van der Waals surface area (Å²) in [7, 11) is 1.64. The molecular weight excluding hydrogens is 517 g/mol. The molecule has 1 aliphatic rings. The summed E-state index contributed by atoms with van der Waals surface area (Å²) >= 11 is 0. The summed E-state index contributed by atoms with van der Waals surface area (Å²) in [6, 6.07) is 18.2. The lowest BCUT2D eigenvalue weighted by Gasteiger charge is -2.36. The molecule has 0 radical (unpaired) electrons. The molecule has 0 atom stereocenters. The van der Waals surface area contributed by atoms with E-state index in [-0.39, 0.29) is 36.4 Å². The Morgan fingerprint density at radius 3 is 2.28 bits per heavy atom. The first-order chi connectivity index (χ1) is 15.2. The van der Waals surface area contributed by atoms with Gasteiger partial charge in [-0.15, -0.1) is 24.0 Å². The van der Waals surface area contributed by atoms with E-state index < -0.39 is 0 Å². The zero-order valence-electron chi connectivity index (χ0n) is 18.9. The fourth-order valence-corrected chi connectivity index (χ4v) is 3.53. The van der Waals surface area contributed by atoms with Gasteiger partial charge in [0.1, 0.15) is 12.3 Å². The van der Waals surface area contributed by atoms with Crippen molar-refractivity contribution >= 4 is 35.8 Å². The number of rotatable bonds is 8. The number of ether oxygens (including phenoxy) is 1. The van der Waals surface area contributed by atoms with E-state index in [0.717, 1.165) is 56.5 Å². The quantitative estimate of drug-likeness (QED) is 0.300. The molecule has 2 aromatic carbocycles. The number of carbonyl (C=O) groups is 1. The van der Waals surface area contributed by atoms with Crippen molar-refractivity contribution in [3.8, 4) is 5.75 Å². The zero-order chi connectivity index (χ0) is 21.9. The fourth-order valence-electron chi connectivity index (χ4n) is 3.53. The average Bonchev–Trinajstić information content (AvgIpc) is 2.82. The summed E-state index contributed by atoms with van der Waals surface area (Å²) in [5.74, 6) is 1.52. The molecule has 3 rings (SSSR count). The smallest absolute Gasteiger partial charge is 0.242 e. The molecule has 2 aromatic rings. The van der Waals surface area contributed by atoms with Crippen molar-refractivity contribution in [3.63, 3.8) is 0 Å². The van der Waals surface area contributed by atoms with Crippen LogP contribution in [0.5, 0.6) is 5.75 Å². The molecule has 7 nitrogen and oxygen atoms in total. The molecule has 8 heteroatoms. The summed E-state index contributed by atoms with van der Waals surface area (Å²) < 4.78 is 5.16. The first-order valence-electron chi connectivity index (χ1n) is 10.9. The van der Waals surface area contributed by atoms with Gasteiger partial charge in [-0.3, -0.25) is 9.69 Å². The molecule has 1 fully saturated rings.